The highest BCUT2D eigenvalue weighted by molar-refractivity contribution is 5.75. The SMILES string of the molecule is C=CC[C@H](C(=O)OC)[C@H](Cc1ccccc1)N(CC=C)C(=O)OCc1ccccc1. The number of rotatable bonds is 11. The molecule has 2 aromatic carbocycles. The Hall–Kier alpha value is -3.34. The van der Waals surface area contributed by atoms with Gasteiger partial charge in [0.25, 0.3) is 0 Å². The van der Waals surface area contributed by atoms with Crippen LogP contribution in [0, 0.1) is 5.92 Å². The lowest BCUT2D eigenvalue weighted by atomic mass is 9.89. The molecule has 0 aliphatic carbocycles. The minimum absolute atomic E-state index is 0.149. The van der Waals surface area contributed by atoms with E-state index < -0.39 is 18.1 Å². The first-order valence-corrected chi connectivity index (χ1v) is 9.91. The fraction of sp³-hybridized carbons (Fsp3) is 0.280. The number of nitrogens with zero attached hydrogens (tertiary/aromatic N) is 1. The monoisotopic (exact) mass is 407 g/mol. The molecule has 0 N–H and O–H groups in total. The van der Waals surface area contributed by atoms with Gasteiger partial charge >= 0.3 is 12.1 Å². The van der Waals surface area contributed by atoms with Gasteiger partial charge in [-0.1, -0.05) is 72.8 Å². The fourth-order valence-corrected chi connectivity index (χ4v) is 3.35. The lowest BCUT2D eigenvalue weighted by molar-refractivity contribution is -0.147. The van der Waals surface area contributed by atoms with Gasteiger partial charge in [-0.2, -0.15) is 0 Å². The smallest absolute Gasteiger partial charge is 0.410 e. The van der Waals surface area contributed by atoms with Gasteiger partial charge < -0.3 is 14.4 Å². The van der Waals surface area contributed by atoms with E-state index >= 15 is 0 Å². The zero-order chi connectivity index (χ0) is 21.8. The largest absolute Gasteiger partial charge is 0.469 e. The third kappa shape index (κ3) is 6.62. The van der Waals surface area contributed by atoms with Crippen LogP contribution in [-0.2, 0) is 27.3 Å². The molecular formula is C25H29NO4. The van der Waals surface area contributed by atoms with Gasteiger partial charge in [0.2, 0.25) is 0 Å². The average molecular weight is 408 g/mol. The van der Waals surface area contributed by atoms with Crippen LogP contribution in [0.25, 0.3) is 0 Å². The van der Waals surface area contributed by atoms with Crippen LogP contribution >= 0.6 is 0 Å². The summed E-state index contributed by atoms with van der Waals surface area (Å²) < 4.78 is 10.6. The molecule has 0 aliphatic rings. The second-order valence-corrected chi connectivity index (χ2v) is 6.89. The molecular weight excluding hydrogens is 378 g/mol. The van der Waals surface area contributed by atoms with Gasteiger partial charge in [-0.25, -0.2) is 4.79 Å². The van der Waals surface area contributed by atoms with Crippen LogP contribution in [-0.4, -0.2) is 36.7 Å². The second kappa shape index (κ2) is 12.3. The van der Waals surface area contributed by atoms with Gasteiger partial charge in [0.15, 0.2) is 0 Å². The van der Waals surface area contributed by atoms with Crippen molar-refractivity contribution in [2.75, 3.05) is 13.7 Å². The third-order valence-electron chi connectivity index (χ3n) is 4.84. The van der Waals surface area contributed by atoms with E-state index in [0.29, 0.717) is 12.8 Å². The Morgan fingerprint density at radius 3 is 2.10 bits per heavy atom. The topological polar surface area (TPSA) is 55.8 Å². The van der Waals surface area contributed by atoms with Crippen molar-refractivity contribution in [2.45, 2.75) is 25.5 Å². The number of esters is 1. The summed E-state index contributed by atoms with van der Waals surface area (Å²) in [6.07, 6.45) is 3.65. The normalized spacial score (nSPS) is 12.3. The summed E-state index contributed by atoms with van der Waals surface area (Å²) in [4.78, 5) is 27.2. The molecule has 0 fully saturated rings. The zero-order valence-electron chi connectivity index (χ0n) is 17.4. The standard InChI is InChI=1S/C25H29NO4/c1-4-12-22(24(27)29-3)23(18-20-13-8-6-9-14-20)26(17-5-2)25(28)30-19-21-15-10-7-11-16-21/h4-11,13-16,22-23H,1-2,12,17-19H2,3H3/t22-,23-/m0/s1. The molecule has 2 aromatic rings. The van der Waals surface area contributed by atoms with Crippen molar-refractivity contribution >= 4 is 12.1 Å². The van der Waals surface area contributed by atoms with Crippen LogP contribution in [0.4, 0.5) is 4.79 Å². The van der Waals surface area contributed by atoms with E-state index in [4.69, 9.17) is 9.47 Å². The maximum Gasteiger partial charge on any atom is 0.410 e. The molecule has 0 spiro atoms. The average Bonchev–Trinajstić information content (AvgIpc) is 2.79. The van der Waals surface area contributed by atoms with Gasteiger partial charge in [-0.05, 0) is 24.0 Å². The van der Waals surface area contributed by atoms with Crippen LogP contribution in [0.1, 0.15) is 17.5 Å². The first-order valence-electron chi connectivity index (χ1n) is 9.91. The quantitative estimate of drug-likeness (QED) is 0.397. The molecule has 5 nitrogen and oxygen atoms in total. The van der Waals surface area contributed by atoms with Gasteiger partial charge in [-0.15, -0.1) is 13.2 Å². The minimum Gasteiger partial charge on any atom is -0.469 e. The number of methoxy groups -OCH3 is 1. The number of carbonyl (C=O) groups is 2. The fourth-order valence-electron chi connectivity index (χ4n) is 3.35. The summed E-state index contributed by atoms with van der Waals surface area (Å²) in [6, 6.07) is 18.7. The maximum atomic E-state index is 13.0. The van der Waals surface area contributed by atoms with Crippen LogP contribution in [0.2, 0.25) is 0 Å². The number of amides is 1. The van der Waals surface area contributed by atoms with Crippen molar-refractivity contribution in [3.05, 3.63) is 97.1 Å². The maximum absolute atomic E-state index is 13.0. The van der Waals surface area contributed by atoms with Gasteiger partial charge in [0.05, 0.1) is 19.1 Å². The molecule has 0 saturated heterocycles. The van der Waals surface area contributed by atoms with Crippen LogP contribution in [0.5, 0.6) is 0 Å². The molecule has 30 heavy (non-hydrogen) atoms. The van der Waals surface area contributed by atoms with Crippen molar-refractivity contribution in [2.24, 2.45) is 5.92 Å². The number of carbonyl (C=O) groups excluding carboxylic acids is 2. The lowest BCUT2D eigenvalue weighted by Crippen LogP contribution is -2.48. The summed E-state index contributed by atoms with van der Waals surface area (Å²) in [5, 5.41) is 0. The van der Waals surface area contributed by atoms with Gasteiger partial charge in [-0.3, -0.25) is 4.79 Å². The summed E-state index contributed by atoms with van der Waals surface area (Å²) in [5.74, 6) is -0.960. The molecule has 158 valence electrons. The van der Waals surface area contributed by atoms with E-state index in [1.54, 1.807) is 17.1 Å². The Labute approximate surface area is 178 Å². The number of hydrogen-bond acceptors (Lipinski definition) is 4. The Kier molecular flexibility index (Phi) is 9.38. The van der Waals surface area contributed by atoms with Crippen LogP contribution in [0.3, 0.4) is 0 Å². The van der Waals surface area contributed by atoms with Gasteiger partial charge in [0, 0.05) is 6.54 Å². The number of allylic oxidation sites excluding steroid dienone is 1. The van der Waals surface area contributed by atoms with Crippen molar-refractivity contribution in [3.8, 4) is 0 Å². The highest BCUT2D eigenvalue weighted by Gasteiger charge is 2.35. The van der Waals surface area contributed by atoms with Crippen molar-refractivity contribution < 1.29 is 19.1 Å². The Morgan fingerprint density at radius 2 is 1.57 bits per heavy atom. The number of ether oxygens (including phenoxy) is 2. The first-order chi connectivity index (χ1) is 14.6. The molecule has 0 heterocycles. The predicted molar refractivity (Wildman–Crippen MR) is 118 cm³/mol. The van der Waals surface area contributed by atoms with Crippen molar-refractivity contribution in [3.63, 3.8) is 0 Å². The molecule has 2 atom stereocenters. The van der Waals surface area contributed by atoms with E-state index in [1.807, 2.05) is 60.7 Å². The highest BCUT2D eigenvalue weighted by atomic mass is 16.6. The van der Waals surface area contributed by atoms with E-state index in [2.05, 4.69) is 13.2 Å². The summed E-state index contributed by atoms with van der Waals surface area (Å²) in [6.45, 7) is 7.94. The minimum atomic E-state index is -0.572. The zero-order valence-corrected chi connectivity index (χ0v) is 17.4. The third-order valence-corrected chi connectivity index (χ3v) is 4.84. The summed E-state index contributed by atoms with van der Waals surface area (Å²) >= 11 is 0. The lowest BCUT2D eigenvalue weighted by Gasteiger charge is -2.34. The first kappa shape index (κ1) is 22.9. The predicted octanol–water partition coefficient (Wildman–Crippen LogP) is 4.79. The van der Waals surface area contributed by atoms with E-state index in [1.165, 1.54) is 7.11 Å². The summed E-state index contributed by atoms with van der Waals surface area (Å²) in [5.41, 5.74) is 1.89. The van der Waals surface area contributed by atoms with E-state index in [0.717, 1.165) is 11.1 Å². The molecule has 0 aromatic heterocycles. The Balaban J connectivity index is 2.31. The Morgan fingerprint density at radius 1 is 0.967 bits per heavy atom. The van der Waals surface area contributed by atoms with E-state index in [9.17, 15) is 9.59 Å². The molecule has 0 saturated carbocycles. The molecule has 2 rings (SSSR count). The molecule has 1 amide bonds. The highest BCUT2D eigenvalue weighted by Crippen LogP contribution is 2.23. The number of benzene rings is 2. The molecule has 5 heteroatoms. The molecule has 0 aliphatic heterocycles. The molecule has 0 radical (unpaired) electrons. The molecule has 0 unspecified atom stereocenters. The molecule has 0 bridgehead atoms. The Bertz CT molecular complexity index is 820. The van der Waals surface area contributed by atoms with Crippen molar-refractivity contribution in [1.29, 1.82) is 0 Å². The van der Waals surface area contributed by atoms with E-state index in [-0.39, 0.29) is 19.1 Å². The van der Waals surface area contributed by atoms with Crippen LogP contribution < -0.4 is 0 Å². The van der Waals surface area contributed by atoms with Crippen LogP contribution in [0.15, 0.2) is 86.0 Å². The van der Waals surface area contributed by atoms with Gasteiger partial charge in [0.1, 0.15) is 6.61 Å². The van der Waals surface area contributed by atoms with Crippen molar-refractivity contribution in [1.82, 2.24) is 4.90 Å². The number of hydrogen-bond donors (Lipinski definition) is 0. The summed E-state index contributed by atoms with van der Waals surface area (Å²) in [7, 11) is 1.35. The second-order valence-electron chi connectivity index (χ2n) is 6.89.